The van der Waals surface area contributed by atoms with Crippen LogP contribution in [0.25, 0.3) is 22.0 Å². The number of halogens is 2. The summed E-state index contributed by atoms with van der Waals surface area (Å²) in [6.07, 6.45) is 1.84. The molecule has 0 spiro atoms. The predicted molar refractivity (Wildman–Crippen MR) is 160 cm³/mol. The lowest BCUT2D eigenvalue weighted by molar-refractivity contribution is 0.0752. The third kappa shape index (κ3) is 4.86. The van der Waals surface area contributed by atoms with Crippen molar-refractivity contribution in [1.82, 2.24) is 19.6 Å². The van der Waals surface area contributed by atoms with E-state index in [1.54, 1.807) is 17.0 Å². The maximum atomic E-state index is 13.5. The lowest BCUT2D eigenvalue weighted by atomic mass is 9.95. The van der Waals surface area contributed by atoms with Crippen molar-refractivity contribution in [2.75, 3.05) is 49.9 Å². The molecule has 3 aromatic carbocycles. The minimum atomic E-state index is -0.320. The molecule has 0 aliphatic carbocycles. The van der Waals surface area contributed by atoms with E-state index in [0.29, 0.717) is 40.9 Å². The van der Waals surface area contributed by atoms with Crippen LogP contribution >= 0.6 is 23.2 Å². The van der Waals surface area contributed by atoms with Crippen molar-refractivity contribution in [1.29, 1.82) is 5.26 Å². The molecular weight excluding hydrogens is 545 g/mol. The molecule has 8 nitrogen and oxygen atoms in total. The van der Waals surface area contributed by atoms with E-state index in [9.17, 15) is 10.1 Å². The van der Waals surface area contributed by atoms with Crippen LogP contribution < -0.4 is 10.6 Å². The maximum absolute atomic E-state index is 13.5. The molecule has 2 aliphatic rings. The first kappa shape index (κ1) is 26.5. The number of hydrogen-bond donors (Lipinski definition) is 1. The van der Waals surface area contributed by atoms with Crippen LogP contribution in [0.2, 0.25) is 10.0 Å². The minimum Gasteiger partial charge on any atom is -0.398 e. The van der Waals surface area contributed by atoms with Gasteiger partial charge in [-0.25, -0.2) is 0 Å². The number of amides is 1. The first-order valence-corrected chi connectivity index (χ1v) is 14.0. The molecule has 1 aromatic heterocycles. The Labute approximate surface area is 243 Å². The van der Waals surface area contributed by atoms with Crippen LogP contribution in [0.5, 0.6) is 0 Å². The topological polar surface area (TPSA) is 94.4 Å². The monoisotopic (exact) mass is 573 g/mol. The highest BCUT2D eigenvalue weighted by Gasteiger charge is 2.34. The number of fused-ring (bicyclic) bond motifs is 2. The lowest BCUT2D eigenvalue weighted by Crippen LogP contribution is -2.48. The molecule has 204 valence electrons. The second kappa shape index (κ2) is 10.7. The van der Waals surface area contributed by atoms with E-state index < -0.39 is 0 Å². The van der Waals surface area contributed by atoms with Crippen molar-refractivity contribution >= 4 is 51.4 Å². The third-order valence-electron chi connectivity index (χ3n) is 7.98. The summed E-state index contributed by atoms with van der Waals surface area (Å²) in [7, 11) is 1.92. The Morgan fingerprint density at radius 2 is 1.85 bits per heavy atom. The first-order chi connectivity index (χ1) is 19.3. The van der Waals surface area contributed by atoms with Gasteiger partial charge in [0.15, 0.2) is 0 Å². The number of aryl methyl sites for hydroxylation is 1. The van der Waals surface area contributed by atoms with Gasteiger partial charge in [-0.2, -0.15) is 10.4 Å². The van der Waals surface area contributed by atoms with Crippen LogP contribution in [0.3, 0.4) is 0 Å². The number of rotatable bonds is 6. The van der Waals surface area contributed by atoms with Crippen LogP contribution in [0.4, 0.5) is 11.4 Å². The number of hydrogen-bond acceptors (Lipinski definition) is 6. The molecule has 2 aliphatic heterocycles. The predicted octanol–water partition coefficient (Wildman–Crippen LogP) is 5.05. The molecule has 0 bridgehead atoms. The van der Waals surface area contributed by atoms with Gasteiger partial charge in [-0.05, 0) is 47.0 Å². The zero-order valence-corrected chi connectivity index (χ0v) is 23.7. The standard InChI is InChI=1S/C30H29Cl2N7O/c1-36-28-12-20(2-3-21(28)15-35-36)23-5-6-26(34)29-24(23)18-39(30(29)40)17-19(14-33)16-37-8-10-38(11-9-37)27-7-4-22(31)13-25(27)32/h2-7,12-13,15,19H,8-11,16-18,34H2,1H3. The van der Waals surface area contributed by atoms with Gasteiger partial charge in [-0.3, -0.25) is 14.4 Å². The molecule has 3 heterocycles. The van der Waals surface area contributed by atoms with E-state index in [-0.39, 0.29) is 11.8 Å². The Morgan fingerprint density at radius 1 is 1.05 bits per heavy atom. The fourth-order valence-corrected chi connectivity index (χ4v) is 6.39. The molecule has 1 fully saturated rings. The molecule has 1 amide bonds. The van der Waals surface area contributed by atoms with Crippen LogP contribution in [-0.4, -0.2) is 64.8 Å². The number of piperazine rings is 1. The van der Waals surface area contributed by atoms with E-state index >= 15 is 0 Å². The van der Waals surface area contributed by atoms with Crippen LogP contribution in [0, 0.1) is 17.2 Å². The summed E-state index contributed by atoms with van der Waals surface area (Å²) in [5.74, 6) is -0.433. The zero-order valence-electron chi connectivity index (χ0n) is 22.1. The highest BCUT2D eigenvalue weighted by Crippen LogP contribution is 2.37. The number of aromatic nitrogens is 2. The summed E-state index contributed by atoms with van der Waals surface area (Å²) in [4.78, 5) is 19.8. The van der Waals surface area contributed by atoms with E-state index in [2.05, 4.69) is 33.1 Å². The SMILES string of the molecule is Cn1ncc2ccc(-c3ccc(N)c4c3CN(CC(C#N)CN3CCN(c5ccc(Cl)cc5Cl)CC3)C4=O)cc21. The summed E-state index contributed by atoms with van der Waals surface area (Å²) in [5.41, 5.74) is 12.2. The van der Waals surface area contributed by atoms with Gasteiger partial charge in [0.1, 0.15) is 0 Å². The van der Waals surface area contributed by atoms with Gasteiger partial charge < -0.3 is 15.5 Å². The number of carbonyl (C=O) groups is 1. The second-order valence-corrected chi connectivity index (χ2v) is 11.3. The summed E-state index contributed by atoms with van der Waals surface area (Å²) in [6, 6.07) is 18.0. The second-order valence-electron chi connectivity index (χ2n) is 10.5. The van der Waals surface area contributed by atoms with Gasteiger partial charge in [-0.15, -0.1) is 0 Å². The van der Waals surface area contributed by atoms with E-state index in [4.69, 9.17) is 28.9 Å². The van der Waals surface area contributed by atoms with Gasteiger partial charge >= 0.3 is 0 Å². The van der Waals surface area contributed by atoms with E-state index in [1.807, 2.05) is 42.2 Å². The Balaban J connectivity index is 1.15. The average molecular weight is 575 g/mol. The third-order valence-corrected chi connectivity index (χ3v) is 8.52. The van der Waals surface area contributed by atoms with Crippen LogP contribution in [0.1, 0.15) is 15.9 Å². The number of nitrogen functional groups attached to an aromatic ring is 1. The van der Waals surface area contributed by atoms with Gasteiger partial charge in [0.05, 0.1) is 40.0 Å². The first-order valence-electron chi connectivity index (χ1n) is 13.3. The highest BCUT2D eigenvalue weighted by atomic mass is 35.5. The van der Waals surface area contributed by atoms with Gasteiger partial charge in [0.2, 0.25) is 0 Å². The molecule has 40 heavy (non-hydrogen) atoms. The number of nitrogens with zero attached hydrogens (tertiary/aromatic N) is 6. The zero-order chi connectivity index (χ0) is 28.0. The highest BCUT2D eigenvalue weighted by molar-refractivity contribution is 6.36. The molecule has 2 N–H and O–H groups in total. The van der Waals surface area contributed by atoms with Crippen molar-refractivity contribution in [2.45, 2.75) is 6.54 Å². The fourth-order valence-electron chi connectivity index (χ4n) is 5.86. The summed E-state index contributed by atoms with van der Waals surface area (Å²) < 4.78 is 1.84. The van der Waals surface area contributed by atoms with E-state index in [0.717, 1.165) is 59.5 Å². The van der Waals surface area contributed by atoms with Gasteiger partial charge in [-0.1, -0.05) is 41.4 Å². The van der Waals surface area contributed by atoms with Crippen molar-refractivity contribution in [3.63, 3.8) is 0 Å². The maximum Gasteiger partial charge on any atom is 0.256 e. The summed E-state index contributed by atoms with van der Waals surface area (Å²) in [6.45, 7) is 4.59. The van der Waals surface area contributed by atoms with Gasteiger partial charge in [0, 0.05) is 69.0 Å². The lowest BCUT2D eigenvalue weighted by Gasteiger charge is -2.37. The van der Waals surface area contributed by atoms with Crippen molar-refractivity contribution in [3.8, 4) is 17.2 Å². The minimum absolute atomic E-state index is 0.113. The molecule has 4 aromatic rings. The number of carbonyl (C=O) groups excluding carboxylic acids is 1. The molecule has 0 saturated carbocycles. The average Bonchev–Trinajstić information content (AvgIpc) is 3.48. The molecular formula is C30H29Cl2N7O. The largest absolute Gasteiger partial charge is 0.398 e. The summed E-state index contributed by atoms with van der Waals surface area (Å²) >= 11 is 12.5. The van der Waals surface area contributed by atoms with E-state index in [1.165, 1.54) is 0 Å². The molecule has 1 atom stereocenters. The van der Waals surface area contributed by atoms with Crippen molar-refractivity contribution < 1.29 is 4.79 Å². The normalized spacial score (nSPS) is 16.4. The van der Waals surface area contributed by atoms with Gasteiger partial charge in [0.25, 0.3) is 5.91 Å². The fraction of sp³-hybridized carbons (Fsp3) is 0.300. The van der Waals surface area contributed by atoms with Crippen LogP contribution in [0.15, 0.2) is 54.7 Å². The quantitative estimate of drug-likeness (QED) is 0.324. The van der Waals surface area contributed by atoms with Crippen LogP contribution in [-0.2, 0) is 13.6 Å². The molecule has 1 unspecified atom stereocenters. The Hall–Kier alpha value is -3.77. The number of benzene rings is 3. The van der Waals surface area contributed by atoms with Crippen molar-refractivity contribution in [2.24, 2.45) is 13.0 Å². The van der Waals surface area contributed by atoms with Crippen molar-refractivity contribution in [3.05, 3.63) is 75.9 Å². The smallest absolute Gasteiger partial charge is 0.256 e. The Kier molecular flexibility index (Phi) is 7.05. The Bertz CT molecular complexity index is 1650. The molecule has 6 rings (SSSR count). The molecule has 1 saturated heterocycles. The Morgan fingerprint density at radius 3 is 2.60 bits per heavy atom. The number of nitriles is 1. The molecule has 10 heteroatoms. The molecule has 0 radical (unpaired) electrons. The number of anilines is 2. The summed E-state index contributed by atoms with van der Waals surface area (Å²) in [5, 5.41) is 16.7. The number of nitrogens with two attached hydrogens (primary N) is 1.